The van der Waals surface area contributed by atoms with Crippen LogP contribution in [0, 0.1) is 5.92 Å². The second-order valence-electron chi connectivity index (χ2n) is 7.35. The van der Waals surface area contributed by atoms with Gasteiger partial charge in [-0.3, -0.25) is 9.89 Å². The molecule has 1 aromatic heterocycles. The van der Waals surface area contributed by atoms with Crippen LogP contribution in [0.25, 0.3) is 0 Å². The molecule has 0 saturated carbocycles. The van der Waals surface area contributed by atoms with Crippen molar-refractivity contribution in [3.05, 3.63) is 22.4 Å². The molecule has 29 heavy (non-hydrogen) atoms. The number of thiophene rings is 1. The number of morpholine rings is 1. The van der Waals surface area contributed by atoms with E-state index in [1.54, 1.807) is 0 Å². The van der Waals surface area contributed by atoms with Gasteiger partial charge in [-0.1, -0.05) is 19.9 Å². The van der Waals surface area contributed by atoms with Gasteiger partial charge in [-0.2, -0.15) is 0 Å². The summed E-state index contributed by atoms with van der Waals surface area (Å²) in [6.45, 7) is 15.4. The predicted octanol–water partition coefficient (Wildman–Crippen LogP) is 3.75. The number of hydrogen-bond donors (Lipinski definition) is 2. The van der Waals surface area contributed by atoms with Crippen LogP contribution in [0.1, 0.15) is 45.0 Å². The second kappa shape index (κ2) is 15.4. The van der Waals surface area contributed by atoms with E-state index in [1.165, 1.54) is 4.88 Å². The van der Waals surface area contributed by atoms with Crippen molar-refractivity contribution in [2.75, 3.05) is 52.5 Å². The van der Waals surface area contributed by atoms with Crippen molar-refractivity contribution in [3.8, 4) is 0 Å². The molecule has 2 N–H and O–H groups in total. The number of aliphatic imine (C=N–C) groups is 1. The molecule has 1 saturated heterocycles. The Hall–Kier alpha value is -0.420. The Labute approximate surface area is 197 Å². The summed E-state index contributed by atoms with van der Waals surface area (Å²) < 4.78 is 11.4. The zero-order valence-electron chi connectivity index (χ0n) is 18.4. The highest BCUT2D eigenvalue weighted by molar-refractivity contribution is 14.0. The third-order valence-corrected chi connectivity index (χ3v) is 5.94. The number of nitrogens with zero attached hydrogens (tertiary/aromatic N) is 2. The van der Waals surface area contributed by atoms with Crippen LogP contribution >= 0.6 is 35.3 Å². The molecule has 1 aliphatic rings. The summed E-state index contributed by atoms with van der Waals surface area (Å²) in [7, 11) is 0. The minimum atomic E-state index is 0. The molecule has 0 bridgehead atoms. The molecule has 2 rings (SSSR count). The molecule has 1 fully saturated rings. The SMILES string of the molecule is CCNC(=NCC(c1cccs1)N1CCOCC1)NCCC(OCC)C(C)C.I. The minimum absolute atomic E-state index is 0. The summed E-state index contributed by atoms with van der Waals surface area (Å²) in [4.78, 5) is 8.78. The third kappa shape index (κ3) is 9.50. The van der Waals surface area contributed by atoms with E-state index in [4.69, 9.17) is 14.5 Å². The van der Waals surface area contributed by atoms with Gasteiger partial charge in [-0.25, -0.2) is 0 Å². The van der Waals surface area contributed by atoms with Gasteiger partial charge < -0.3 is 20.1 Å². The first kappa shape index (κ1) is 26.6. The highest BCUT2D eigenvalue weighted by atomic mass is 127. The van der Waals surface area contributed by atoms with Gasteiger partial charge in [0.15, 0.2) is 5.96 Å². The van der Waals surface area contributed by atoms with Gasteiger partial charge in [-0.15, -0.1) is 35.3 Å². The lowest BCUT2D eigenvalue weighted by molar-refractivity contribution is 0.0186. The molecular formula is C21H39IN4O2S. The zero-order valence-corrected chi connectivity index (χ0v) is 21.5. The normalized spacial score (nSPS) is 17.6. The zero-order chi connectivity index (χ0) is 20.2. The molecule has 2 atom stereocenters. The monoisotopic (exact) mass is 538 g/mol. The van der Waals surface area contributed by atoms with E-state index in [0.29, 0.717) is 12.0 Å². The van der Waals surface area contributed by atoms with Gasteiger partial charge in [0.05, 0.1) is 31.9 Å². The first-order valence-corrected chi connectivity index (χ1v) is 11.5. The first-order valence-electron chi connectivity index (χ1n) is 10.6. The molecule has 1 aliphatic heterocycles. The molecule has 0 radical (unpaired) electrons. The molecule has 0 amide bonds. The van der Waals surface area contributed by atoms with E-state index < -0.39 is 0 Å². The number of hydrogen-bond acceptors (Lipinski definition) is 5. The van der Waals surface area contributed by atoms with Crippen LogP contribution in [0.5, 0.6) is 0 Å². The number of halogens is 1. The smallest absolute Gasteiger partial charge is 0.191 e. The van der Waals surface area contributed by atoms with Crippen molar-refractivity contribution < 1.29 is 9.47 Å². The first-order chi connectivity index (χ1) is 13.7. The number of nitrogens with one attached hydrogen (secondary N) is 2. The van der Waals surface area contributed by atoms with Crippen LogP contribution in [0.4, 0.5) is 0 Å². The largest absolute Gasteiger partial charge is 0.379 e. The quantitative estimate of drug-likeness (QED) is 0.256. The molecule has 1 aromatic rings. The lowest BCUT2D eigenvalue weighted by atomic mass is 10.0. The lowest BCUT2D eigenvalue weighted by Crippen LogP contribution is -2.42. The minimum Gasteiger partial charge on any atom is -0.379 e. The van der Waals surface area contributed by atoms with Gasteiger partial charge in [0.1, 0.15) is 0 Å². The maximum absolute atomic E-state index is 5.85. The summed E-state index contributed by atoms with van der Waals surface area (Å²) in [5, 5.41) is 9.02. The molecule has 6 nitrogen and oxygen atoms in total. The van der Waals surface area contributed by atoms with Crippen LogP contribution in [-0.4, -0.2) is 69.5 Å². The molecule has 0 aromatic carbocycles. The average molecular weight is 539 g/mol. The fourth-order valence-electron chi connectivity index (χ4n) is 3.43. The summed E-state index contributed by atoms with van der Waals surface area (Å²) in [6, 6.07) is 4.65. The summed E-state index contributed by atoms with van der Waals surface area (Å²) in [5.74, 6) is 1.40. The Morgan fingerprint density at radius 2 is 2.03 bits per heavy atom. The predicted molar refractivity (Wildman–Crippen MR) is 134 cm³/mol. The highest BCUT2D eigenvalue weighted by Gasteiger charge is 2.23. The molecule has 168 valence electrons. The van der Waals surface area contributed by atoms with Crippen LogP contribution in [0.3, 0.4) is 0 Å². The number of rotatable bonds is 11. The summed E-state index contributed by atoms with van der Waals surface area (Å²) in [5.41, 5.74) is 0. The molecule has 0 spiro atoms. The van der Waals surface area contributed by atoms with Crippen molar-refractivity contribution in [2.24, 2.45) is 10.9 Å². The van der Waals surface area contributed by atoms with E-state index in [9.17, 15) is 0 Å². The topological polar surface area (TPSA) is 58.1 Å². The van der Waals surface area contributed by atoms with Crippen molar-refractivity contribution >= 4 is 41.3 Å². The van der Waals surface area contributed by atoms with Gasteiger partial charge in [0.25, 0.3) is 0 Å². The summed E-state index contributed by atoms with van der Waals surface area (Å²) >= 11 is 1.81. The Morgan fingerprint density at radius 3 is 2.62 bits per heavy atom. The molecule has 0 aliphatic carbocycles. The third-order valence-electron chi connectivity index (χ3n) is 4.97. The lowest BCUT2D eigenvalue weighted by Gasteiger charge is -2.33. The van der Waals surface area contributed by atoms with E-state index in [0.717, 1.165) is 64.9 Å². The van der Waals surface area contributed by atoms with Crippen LogP contribution in [-0.2, 0) is 9.47 Å². The van der Waals surface area contributed by atoms with Crippen molar-refractivity contribution in [2.45, 2.75) is 46.3 Å². The Balaban J connectivity index is 0.00000420. The van der Waals surface area contributed by atoms with Crippen LogP contribution < -0.4 is 10.6 Å². The Bertz CT molecular complexity index is 551. The van der Waals surface area contributed by atoms with Crippen molar-refractivity contribution in [1.29, 1.82) is 0 Å². The van der Waals surface area contributed by atoms with Gasteiger partial charge in [-0.05, 0) is 37.6 Å². The van der Waals surface area contributed by atoms with Crippen molar-refractivity contribution in [3.63, 3.8) is 0 Å². The molecule has 2 unspecified atom stereocenters. The Morgan fingerprint density at radius 1 is 1.28 bits per heavy atom. The fraction of sp³-hybridized carbons (Fsp3) is 0.762. The maximum Gasteiger partial charge on any atom is 0.191 e. The van der Waals surface area contributed by atoms with Gasteiger partial charge >= 0.3 is 0 Å². The second-order valence-corrected chi connectivity index (χ2v) is 8.33. The number of ether oxygens (including phenoxy) is 2. The number of guanidine groups is 1. The van der Waals surface area contributed by atoms with Crippen LogP contribution in [0.15, 0.2) is 22.5 Å². The average Bonchev–Trinajstić information content (AvgIpc) is 3.22. The summed E-state index contributed by atoms with van der Waals surface area (Å²) in [6.07, 6.45) is 1.26. The Kier molecular flexibility index (Phi) is 14.1. The van der Waals surface area contributed by atoms with E-state index in [2.05, 4.69) is 60.7 Å². The standard InChI is InChI=1S/C21H38N4O2S.HI/c1-5-22-21(23-10-9-19(17(3)4)27-6-2)24-16-18(20-8-7-15-28-20)25-11-13-26-14-12-25;/h7-8,15,17-19H,5-6,9-14,16H2,1-4H3,(H2,22,23,24);1H. The molecular weight excluding hydrogens is 499 g/mol. The fourth-order valence-corrected chi connectivity index (χ4v) is 4.28. The van der Waals surface area contributed by atoms with Crippen molar-refractivity contribution in [1.82, 2.24) is 15.5 Å². The molecule has 8 heteroatoms. The molecule has 2 heterocycles. The maximum atomic E-state index is 5.85. The van der Waals surface area contributed by atoms with Gasteiger partial charge in [0.2, 0.25) is 0 Å². The van der Waals surface area contributed by atoms with Crippen LogP contribution in [0.2, 0.25) is 0 Å². The van der Waals surface area contributed by atoms with Gasteiger partial charge in [0, 0.05) is 37.7 Å². The van der Waals surface area contributed by atoms with E-state index >= 15 is 0 Å². The highest BCUT2D eigenvalue weighted by Crippen LogP contribution is 2.26. The van der Waals surface area contributed by atoms with E-state index in [1.807, 2.05) is 11.3 Å². The van der Waals surface area contributed by atoms with E-state index in [-0.39, 0.29) is 30.1 Å².